The summed E-state index contributed by atoms with van der Waals surface area (Å²) in [5.41, 5.74) is 1.76. The van der Waals surface area contributed by atoms with Crippen molar-refractivity contribution in [2.45, 2.75) is 64.2 Å². The molecule has 3 N–H and O–H groups in total. The molecule has 17 nitrogen and oxygen atoms in total. The van der Waals surface area contributed by atoms with Crippen molar-refractivity contribution in [2.75, 3.05) is 75.4 Å². The SMILES string of the molecule is C=CCN(CC=C)C(=O)C(Cl)Cl.CCOC(=O)C(Cl)Cc1cc(-n2nc(C)n(C(F)F)c2=O)c(F)cc1Cl.CCOCN(C(=O)CCl)c1c(C)cccc1CC.C[S+](C)C.O=C(O)CNCP(=O)([O-])O. The van der Waals surface area contributed by atoms with Crippen LogP contribution in [-0.2, 0) is 57.0 Å². The Hall–Kier alpha value is -3.60. The highest BCUT2D eigenvalue weighted by Gasteiger charge is 2.24. The maximum Gasteiger partial charge on any atom is 0.355 e. The number of nitrogens with one attached hydrogen (secondary N) is 1. The van der Waals surface area contributed by atoms with Gasteiger partial charge >= 0.3 is 24.2 Å². The van der Waals surface area contributed by atoms with E-state index in [9.17, 15) is 46.6 Å². The number of alkyl halides is 6. The number of amides is 2. The van der Waals surface area contributed by atoms with E-state index in [-0.39, 0.29) is 64.1 Å². The zero-order chi connectivity index (χ0) is 54.5. The fourth-order valence-electron chi connectivity index (χ4n) is 5.18. The van der Waals surface area contributed by atoms with Crippen molar-refractivity contribution in [1.82, 2.24) is 24.6 Å². The van der Waals surface area contributed by atoms with Crippen LogP contribution in [-0.4, -0.2) is 134 Å². The number of benzene rings is 2. The van der Waals surface area contributed by atoms with Gasteiger partial charge in [-0.3, -0.25) is 29.4 Å². The van der Waals surface area contributed by atoms with Crippen LogP contribution in [0.3, 0.4) is 0 Å². The lowest BCUT2D eigenvalue weighted by Gasteiger charge is -2.25. The molecule has 2 atom stereocenters. The Morgan fingerprint density at radius 3 is 2.03 bits per heavy atom. The van der Waals surface area contributed by atoms with Crippen LogP contribution in [0.2, 0.25) is 5.02 Å². The molecule has 3 rings (SSSR count). The van der Waals surface area contributed by atoms with E-state index < -0.39 is 60.6 Å². The van der Waals surface area contributed by atoms with E-state index in [4.69, 9.17) is 77.5 Å². The lowest BCUT2D eigenvalue weighted by atomic mass is 10.0. The smallest absolute Gasteiger partial charge is 0.355 e. The molecule has 0 saturated carbocycles. The number of carbonyl (C=O) groups excluding carboxylic acids is 3. The van der Waals surface area contributed by atoms with Crippen LogP contribution in [0, 0.1) is 19.7 Å². The van der Waals surface area contributed by atoms with Gasteiger partial charge < -0.3 is 33.8 Å². The first-order chi connectivity index (χ1) is 32.6. The second kappa shape index (κ2) is 36.3. The summed E-state index contributed by atoms with van der Waals surface area (Å²) in [6.07, 6.45) is 9.85. The Labute approximate surface area is 434 Å². The predicted octanol–water partition coefficient (Wildman–Crippen LogP) is 7.01. The number of aryl methyl sites for hydroxylation is 3. The van der Waals surface area contributed by atoms with E-state index in [2.05, 4.69) is 43.9 Å². The van der Waals surface area contributed by atoms with Gasteiger partial charge in [0.05, 0.1) is 43.9 Å². The summed E-state index contributed by atoms with van der Waals surface area (Å²) in [5.74, 6) is -3.58. The van der Waals surface area contributed by atoms with Gasteiger partial charge in [-0.05, 0) is 73.8 Å². The summed E-state index contributed by atoms with van der Waals surface area (Å²) >= 11 is 28.4. The molecule has 2 aromatic carbocycles. The van der Waals surface area contributed by atoms with Gasteiger partial charge in [-0.2, -0.15) is 13.5 Å². The summed E-state index contributed by atoms with van der Waals surface area (Å²) in [4.78, 5) is 76.7. The second-order valence-corrected chi connectivity index (χ2v) is 20.5. The number of aromatic nitrogens is 3. The van der Waals surface area contributed by atoms with E-state index in [1.54, 1.807) is 24.0 Å². The van der Waals surface area contributed by atoms with Crippen LogP contribution < -0.4 is 20.8 Å². The quantitative estimate of drug-likeness (QED) is 0.0244. The number of halogens is 8. The number of para-hydroxylation sites is 1. The maximum absolute atomic E-state index is 14.2. The van der Waals surface area contributed by atoms with Crippen molar-refractivity contribution in [2.24, 2.45) is 0 Å². The number of carbonyl (C=O) groups is 4. The van der Waals surface area contributed by atoms with E-state index in [1.165, 1.54) is 11.8 Å². The third-order valence-electron chi connectivity index (χ3n) is 8.06. The lowest BCUT2D eigenvalue weighted by molar-refractivity contribution is -0.193. The van der Waals surface area contributed by atoms with Gasteiger partial charge in [-0.15, -0.1) is 41.5 Å². The van der Waals surface area contributed by atoms with Crippen LogP contribution in [0.5, 0.6) is 0 Å². The van der Waals surface area contributed by atoms with E-state index in [0.29, 0.717) is 35.3 Å². The summed E-state index contributed by atoms with van der Waals surface area (Å²) < 4.78 is 60.8. The molecule has 70 heavy (non-hydrogen) atoms. The summed E-state index contributed by atoms with van der Waals surface area (Å²) in [7, 11) is -3.71. The normalized spacial score (nSPS) is 11.8. The van der Waals surface area contributed by atoms with Gasteiger partial charge in [-0.25, -0.2) is 13.8 Å². The van der Waals surface area contributed by atoms with Gasteiger partial charge in [0.1, 0.15) is 37.1 Å². The molecule has 0 bridgehead atoms. The number of carboxylic acids is 1. The van der Waals surface area contributed by atoms with Gasteiger partial charge in [0.25, 0.3) is 5.91 Å². The second-order valence-electron chi connectivity index (χ2n) is 14.2. The average Bonchev–Trinajstić information content (AvgIpc) is 3.57. The average molecular weight is 1140 g/mol. The number of carboxylic acid groups (broad SMARTS) is 1. The van der Waals surface area contributed by atoms with Gasteiger partial charge in [0, 0.05) is 31.1 Å². The highest BCUT2D eigenvalue weighted by molar-refractivity contribution is 7.94. The number of ether oxygens (including phenoxy) is 2. The van der Waals surface area contributed by atoms with Crippen molar-refractivity contribution in [1.29, 1.82) is 0 Å². The molecule has 1 heterocycles. The molecule has 0 aliphatic heterocycles. The number of anilines is 1. The van der Waals surface area contributed by atoms with Crippen molar-refractivity contribution in [3.05, 3.63) is 99.5 Å². The van der Waals surface area contributed by atoms with E-state index in [1.807, 2.05) is 37.4 Å². The zero-order valence-corrected chi connectivity index (χ0v) is 45.4. The minimum Gasteiger partial charge on any atom is -0.778 e. The molecule has 0 aliphatic rings. The van der Waals surface area contributed by atoms with Crippen molar-refractivity contribution in [3.8, 4) is 5.69 Å². The first-order valence-electron chi connectivity index (χ1n) is 20.6. The molecule has 2 unspecified atom stereocenters. The molecule has 0 aliphatic carbocycles. The highest BCUT2D eigenvalue weighted by Crippen LogP contribution is 2.28. The van der Waals surface area contributed by atoms with Crippen LogP contribution in [0.25, 0.3) is 5.69 Å². The molecule has 2 amide bonds. The molecular weight excluding hydrogens is 1070 g/mol. The molecular formula is C43H61Cl5F3N6O11PS. The molecule has 396 valence electrons. The predicted molar refractivity (Wildman–Crippen MR) is 272 cm³/mol. The maximum atomic E-state index is 14.2. The first-order valence-corrected chi connectivity index (χ1v) is 27.0. The van der Waals surface area contributed by atoms with E-state index >= 15 is 0 Å². The fourth-order valence-corrected chi connectivity index (χ4v) is 6.45. The van der Waals surface area contributed by atoms with Gasteiger partial charge in [-0.1, -0.05) is 72.1 Å². The van der Waals surface area contributed by atoms with Crippen molar-refractivity contribution in [3.63, 3.8) is 0 Å². The highest BCUT2D eigenvalue weighted by atomic mass is 35.5. The molecule has 3 aromatic rings. The first kappa shape index (κ1) is 68.5. The monoisotopic (exact) mass is 1130 g/mol. The molecule has 27 heteroatoms. The number of esters is 1. The summed E-state index contributed by atoms with van der Waals surface area (Å²) in [6.45, 7) is 14.0. The Bertz CT molecular complexity index is 2230. The number of aliphatic carboxylic acids is 1. The minimum absolute atomic E-state index is 0.0371. The van der Waals surface area contributed by atoms with E-state index in [0.717, 1.165) is 35.4 Å². The number of hydrogen-bond acceptors (Lipinski definition) is 11. The molecule has 1 aromatic heterocycles. The Kier molecular flexibility index (Phi) is 35.5. The van der Waals surface area contributed by atoms with Crippen molar-refractivity contribution >= 4 is 106 Å². The number of hydrogen-bond donors (Lipinski definition) is 3. The summed E-state index contributed by atoms with van der Waals surface area (Å²) in [5, 5.41) is 12.5. The summed E-state index contributed by atoms with van der Waals surface area (Å²) in [6, 6.07) is 8.06. The van der Waals surface area contributed by atoms with Crippen LogP contribution >= 0.6 is 65.6 Å². The third-order valence-corrected chi connectivity index (χ3v) is 9.97. The Balaban J connectivity index is 0. The zero-order valence-electron chi connectivity index (χ0n) is 39.9. The number of nitrogens with zero attached hydrogens (tertiary/aromatic N) is 5. The molecule has 0 spiro atoms. The molecule has 0 saturated heterocycles. The molecule has 0 fully saturated rings. The van der Waals surface area contributed by atoms with Crippen LogP contribution in [0.15, 0.2) is 60.4 Å². The van der Waals surface area contributed by atoms with Gasteiger partial charge in [0.2, 0.25) is 5.91 Å². The van der Waals surface area contributed by atoms with Crippen LogP contribution in [0.4, 0.5) is 18.9 Å². The Morgan fingerprint density at radius 1 is 1.03 bits per heavy atom. The minimum atomic E-state index is -4.35. The topological polar surface area (TPSA) is 226 Å². The Morgan fingerprint density at radius 2 is 1.60 bits per heavy atom. The van der Waals surface area contributed by atoms with Crippen molar-refractivity contribution < 1.29 is 61.3 Å². The van der Waals surface area contributed by atoms with Gasteiger partial charge in [0.15, 0.2) is 10.7 Å². The standard InChI is InChI=1S/C15H14Cl2F3N3O3.C14H20ClNO2.C8H11Cl2NO.C3H8NO5P.C3H9S/c1-3-26-13(24)10(17)4-8-5-12(11(18)6-9(8)16)23-15(25)22(14(19)20)7(2)21-23;1-4-12-8-6-7-11(3)14(12)16(10-18-5-2)13(17)9-15;1-3-5-11(6-4-2)8(12)7(9)10;5-3(6)1-4-2-10(7,8)9;1-4(2)3/h5-6,10,14H,3-4H2,1-2H3;6-8H,4-5,9-10H2,1-3H3;3-4,7H,1-2,5-6H2;4H,1-2H2,(H,5,6)(H2,7,8,9);1-3H3/q;;;;+1/p-1. The number of rotatable bonds is 21. The fraction of sp³-hybridized carbons (Fsp3) is 0.488. The lowest BCUT2D eigenvalue weighted by Crippen LogP contribution is -2.35. The molecule has 0 radical (unpaired) electrons. The third kappa shape index (κ3) is 26.7. The largest absolute Gasteiger partial charge is 0.778 e. The van der Waals surface area contributed by atoms with Crippen LogP contribution in [0.1, 0.15) is 49.8 Å².